The van der Waals surface area contributed by atoms with Crippen LogP contribution in [0.25, 0.3) is 0 Å². The lowest BCUT2D eigenvalue weighted by atomic mass is 10.1. The van der Waals surface area contributed by atoms with Gasteiger partial charge in [-0.05, 0) is 24.1 Å². The van der Waals surface area contributed by atoms with Gasteiger partial charge in [-0.2, -0.15) is 0 Å². The predicted molar refractivity (Wildman–Crippen MR) is 72.9 cm³/mol. The molecule has 3 nitrogen and oxygen atoms in total. The minimum atomic E-state index is -1.51. The van der Waals surface area contributed by atoms with Crippen molar-refractivity contribution in [1.82, 2.24) is 4.90 Å². The number of hydrogen-bond acceptors (Lipinski definition) is 2. The van der Waals surface area contributed by atoms with Gasteiger partial charge in [0.1, 0.15) is 0 Å². The summed E-state index contributed by atoms with van der Waals surface area (Å²) in [5, 5.41) is 0. The number of nitrogens with zero attached hydrogens (tertiary/aromatic N) is 1. The molecule has 1 rings (SSSR count). The van der Waals surface area contributed by atoms with Crippen molar-refractivity contribution in [2.24, 2.45) is 5.73 Å². The third-order valence-electron chi connectivity index (χ3n) is 2.76. The highest BCUT2D eigenvalue weighted by molar-refractivity contribution is 5.85. The number of benzene rings is 1. The summed E-state index contributed by atoms with van der Waals surface area (Å²) < 4.78 is 38.8. The van der Waals surface area contributed by atoms with Crippen molar-refractivity contribution in [1.29, 1.82) is 0 Å². The zero-order valence-corrected chi connectivity index (χ0v) is 12.1. The van der Waals surface area contributed by atoms with E-state index >= 15 is 0 Å². The fraction of sp³-hybridized carbons (Fsp3) is 0.462. The van der Waals surface area contributed by atoms with Crippen molar-refractivity contribution in [2.75, 3.05) is 7.05 Å². The summed E-state index contributed by atoms with van der Waals surface area (Å²) in [7, 11) is 1.48. The molecular formula is C13H18ClF3N2O. The maximum absolute atomic E-state index is 13.0. The van der Waals surface area contributed by atoms with Crippen molar-refractivity contribution in [2.45, 2.75) is 32.4 Å². The van der Waals surface area contributed by atoms with Crippen LogP contribution in [0.5, 0.6) is 0 Å². The molecule has 7 heteroatoms. The summed E-state index contributed by atoms with van der Waals surface area (Å²) in [5.41, 5.74) is 5.84. The summed E-state index contributed by atoms with van der Waals surface area (Å²) in [4.78, 5) is 13.1. The topological polar surface area (TPSA) is 46.3 Å². The van der Waals surface area contributed by atoms with E-state index in [4.69, 9.17) is 5.73 Å². The Kier molecular flexibility index (Phi) is 7.60. The minimum Gasteiger partial charge on any atom is -0.340 e. The smallest absolute Gasteiger partial charge is 0.239 e. The molecule has 1 unspecified atom stereocenters. The lowest BCUT2D eigenvalue weighted by molar-refractivity contribution is -0.132. The summed E-state index contributed by atoms with van der Waals surface area (Å²) in [6.45, 7) is 1.88. The van der Waals surface area contributed by atoms with Gasteiger partial charge in [0, 0.05) is 13.6 Å². The van der Waals surface area contributed by atoms with Crippen LogP contribution >= 0.6 is 12.4 Å². The zero-order valence-electron chi connectivity index (χ0n) is 11.3. The quantitative estimate of drug-likeness (QED) is 0.850. The molecule has 0 spiro atoms. The number of amides is 1. The van der Waals surface area contributed by atoms with Crippen LogP contribution in [0.2, 0.25) is 0 Å². The van der Waals surface area contributed by atoms with Crippen molar-refractivity contribution in [3.8, 4) is 0 Å². The second kappa shape index (κ2) is 8.11. The SMILES string of the molecule is CCCC(N)C(=O)N(C)Cc1cc(F)c(F)c(F)c1.Cl. The van der Waals surface area contributed by atoms with E-state index in [1.54, 1.807) is 0 Å². The molecule has 0 saturated heterocycles. The number of rotatable bonds is 5. The van der Waals surface area contributed by atoms with Crippen LogP contribution in [0.4, 0.5) is 13.2 Å². The van der Waals surface area contributed by atoms with Crippen LogP contribution in [0.3, 0.4) is 0 Å². The van der Waals surface area contributed by atoms with E-state index < -0.39 is 23.5 Å². The van der Waals surface area contributed by atoms with E-state index in [0.29, 0.717) is 6.42 Å². The Morgan fingerprint density at radius 2 is 1.80 bits per heavy atom. The summed E-state index contributed by atoms with van der Waals surface area (Å²) in [6.07, 6.45) is 1.30. The molecule has 2 N–H and O–H groups in total. The van der Waals surface area contributed by atoms with Gasteiger partial charge in [0.25, 0.3) is 0 Å². The number of nitrogens with two attached hydrogens (primary N) is 1. The third kappa shape index (κ3) is 4.68. The molecule has 1 atom stereocenters. The van der Waals surface area contributed by atoms with Gasteiger partial charge < -0.3 is 10.6 Å². The van der Waals surface area contributed by atoms with Crippen LogP contribution in [-0.2, 0) is 11.3 Å². The van der Waals surface area contributed by atoms with Crippen molar-refractivity contribution < 1.29 is 18.0 Å². The molecule has 0 aliphatic carbocycles. The maximum Gasteiger partial charge on any atom is 0.239 e. The molecule has 20 heavy (non-hydrogen) atoms. The molecule has 0 aromatic heterocycles. The van der Waals surface area contributed by atoms with E-state index in [-0.39, 0.29) is 30.4 Å². The summed E-state index contributed by atoms with van der Waals surface area (Å²) in [5.74, 6) is -4.37. The minimum absolute atomic E-state index is 0. The zero-order chi connectivity index (χ0) is 14.6. The van der Waals surface area contributed by atoms with E-state index in [1.165, 1.54) is 11.9 Å². The second-order valence-corrected chi connectivity index (χ2v) is 4.46. The molecule has 1 amide bonds. The Morgan fingerprint density at radius 3 is 2.25 bits per heavy atom. The Bertz CT molecular complexity index is 448. The predicted octanol–water partition coefficient (Wildman–Crippen LogP) is 2.61. The second-order valence-electron chi connectivity index (χ2n) is 4.46. The molecule has 0 heterocycles. The Balaban J connectivity index is 0.00000361. The molecule has 1 aromatic rings. The monoisotopic (exact) mass is 310 g/mol. The number of halogens is 4. The number of carbonyl (C=O) groups excluding carboxylic acids is 1. The molecule has 0 aliphatic heterocycles. The van der Waals surface area contributed by atoms with Crippen molar-refractivity contribution in [3.63, 3.8) is 0 Å². The molecule has 0 saturated carbocycles. The summed E-state index contributed by atoms with van der Waals surface area (Å²) >= 11 is 0. The first-order chi connectivity index (χ1) is 8.86. The maximum atomic E-state index is 13.0. The summed E-state index contributed by atoms with van der Waals surface area (Å²) in [6, 6.07) is 1.10. The first-order valence-electron chi connectivity index (χ1n) is 6.00. The highest BCUT2D eigenvalue weighted by atomic mass is 35.5. The largest absolute Gasteiger partial charge is 0.340 e. The Hall–Kier alpha value is -1.27. The van der Waals surface area contributed by atoms with Crippen molar-refractivity contribution in [3.05, 3.63) is 35.1 Å². The third-order valence-corrected chi connectivity index (χ3v) is 2.76. The first-order valence-corrected chi connectivity index (χ1v) is 6.00. The van der Waals surface area contributed by atoms with Gasteiger partial charge in [-0.25, -0.2) is 13.2 Å². The molecule has 0 radical (unpaired) electrons. The van der Waals surface area contributed by atoms with Crippen LogP contribution in [-0.4, -0.2) is 23.9 Å². The van der Waals surface area contributed by atoms with Crippen LogP contribution in [0, 0.1) is 17.5 Å². The van der Waals surface area contributed by atoms with Crippen LogP contribution in [0.15, 0.2) is 12.1 Å². The normalized spacial score (nSPS) is 11.7. The number of likely N-dealkylation sites (N-methyl/N-ethyl adjacent to an activating group) is 1. The molecule has 0 aliphatic rings. The van der Waals surface area contributed by atoms with Crippen LogP contribution in [0.1, 0.15) is 25.3 Å². The molecule has 114 valence electrons. The Morgan fingerprint density at radius 1 is 1.30 bits per heavy atom. The van der Waals surface area contributed by atoms with Crippen LogP contribution < -0.4 is 5.73 Å². The first kappa shape index (κ1) is 18.7. The van der Waals surface area contributed by atoms with E-state index in [1.807, 2.05) is 6.92 Å². The van der Waals surface area contributed by atoms with Gasteiger partial charge in [-0.3, -0.25) is 4.79 Å². The fourth-order valence-electron chi connectivity index (χ4n) is 1.77. The van der Waals surface area contributed by atoms with Gasteiger partial charge in [0.15, 0.2) is 17.5 Å². The van der Waals surface area contributed by atoms with E-state index in [2.05, 4.69) is 0 Å². The molecular weight excluding hydrogens is 293 g/mol. The molecule has 0 fully saturated rings. The average Bonchev–Trinajstić information content (AvgIpc) is 2.35. The van der Waals surface area contributed by atoms with E-state index in [0.717, 1.165) is 18.6 Å². The Labute approximate surface area is 122 Å². The van der Waals surface area contributed by atoms with E-state index in [9.17, 15) is 18.0 Å². The van der Waals surface area contributed by atoms with Gasteiger partial charge in [-0.1, -0.05) is 13.3 Å². The van der Waals surface area contributed by atoms with Gasteiger partial charge in [-0.15, -0.1) is 12.4 Å². The lowest BCUT2D eigenvalue weighted by Crippen LogP contribution is -2.41. The van der Waals surface area contributed by atoms with Crippen molar-refractivity contribution >= 4 is 18.3 Å². The number of hydrogen-bond donors (Lipinski definition) is 1. The number of carbonyl (C=O) groups is 1. The molecule has 0 bridgehead atoms. The van der Waals surface area contributed by atoms with Gasteiger partial charge >= 0.3 is 0 Å². The van der Waals surface area contributed by atoms with Gasteiger partial charge in [0.05, 0.1) is 6.04 Å². The lowest BCUT2D eigenvalue weighted by Gasteiger charge is -2.21. The fourth-order valence-corrected chi connectivity index (χ4v) is 1.77. The van der Waals surface area contributed by atoms with Gasteiger partial charge in [0.2, 0.25) is 5.91 Å². The highest BCUT2D eigenvalue weighted by Gasteiger charge is 2.18. The standard InChI is InChI=1S/C13H17F3N2O.ClH/c1-3-4-11(17)13(19)18(2)7-8-5-9(14)12(16)10(15)6-8;/h5-6,11H,3-4,7,17H2,1-2H3;1H. The molecule has 1 aromatic carbocycles. The highest BCUT2D eigenvalue weighted by Crippen LogP contribution is 2.15. The average molecular weight is 311 g/mol.